The lowest BCUT2D eigenvalue weighted by atomic mass is 9.97. The summed E-state index contributed by atoms with van der Waals surface area (Å²) in [5, 5.41) is 2.93. The van der Waals surface area contributed by atoms with Crippen LogP contribution in [-0.2, 0) is 21.2 Å². The van der Waals surface area contributed by atoms with Gasteiger partial charge in [0.2, 0.25) is 15.9 Å². The van der Waals surface area contributed by atoms with Gasteiger partial charge >= 0.3 is 0 Å². The fourth-order valence-electron chi connectivity index (χ4n) is 3.30. The molecule has 0 bridgehead atoms. The van der Waals surface area contributed by atoms with E-state index in [1.54, 1.807) is 0 Å². The number of amides is 1. The summed E-state index contributed by atoms with van der Waals surface area (Å²) >= 11 is 0. The van der Waals surface area contributed by atoms with Crippen LogP contribution >= 0.6 is 0 Å². The Hall–Kier alpha value is -2.18. The molecule has 0 aliphatic carbocycles. The van der Waals surface area contributed by atoms with Crippen molar-refractivity contribution in [3.8, 4) is 0 Å². The number of nitrogens with one attached hydrogen (secondary N) is 1. The van der Waals surface area contributed by atoms with Gasteiger partial charge in [-0.15, -0.1) is 0 Å². The summed E-state index contributed by atoms with van der Waals surface area (Å²) in [6.07, 6.45) is 1.63. The Morgan fingerprint density at radius 1 is 1.04 bits per heavy atom. The normalized spacial score (nSPS) is 16.2. The van der Waals surface area contributed by atoms with E-state index in [-0.39, 0.29) is 17.6 Å². The molecule has 5 nitrogen and oxygen atoms in total. The topological polar surface area (TPSA) is 66.5 Å². The fourth-order valence-corrected chi connectivity index (χ4v) is 4.82. The van der Waals surface area contributed by atoms with Gasteiger partial charge in [-0.25, -0.2) is 12.7 Å². The zero-order valence-corrected chi connectivity index (χ0v) is 16.4. The van der Waals surface area contributed by atoms with Crippen molar-refractivity contribution < 1.29 is 13.2 Å². The summed E-state index contributed by atoms with van der Waals surface area (Å²) in [5.41, 5.74) is 2.94. The molecule has 6 heteroatoms. The van der Waals surface area contributed by atoms with Crippen molar-refractivity contribution in [2.75, 3.05) is 24.2 Å². The smallest absolute Gasteiger partial charge is 0.227 e. The van der Waals surface area contributed by atoms with Crippen molar-refractivity contribution in [2.24, 2.45) is 5.92 Å². The molecule has 1 heterocycles. The molecule has 0 aromatic heterocycles. The van der Waals surface area contributed by atoms with E-state index in [9.17, 15) is 13.2 Å². The number of aryl methyl sites for hydroxylation is 2. The van der Waals surface area contributed by atoms with Gasteiger partial charge in [-0.2, -0.15) is 0 Å². The summed E-state index contributed by atoms with van der Waals surface area (Å²) in [4.78, 5) is 12.4. The van der Waals surface area contributed by atoms with E-state index in [2.05, 4.69) is 5.32 Å². The van der Waals surface area contributed by atoms with Crippen molar-refractivity contribution in [3.05, 3.63) is 65.7 Å². The van der Waals surface area contributed by atoms with Crippen molar-refractivity contribution in [1.82, 2.24) is 4.31 Å². The molecule has 0 radical (unpaired) electrons. The van der Waals surface area contributed by atoms with Crippen LogP contribution in [0.3, 0.4) is 0 Å². The first-order chi connectivity index (χ1) is 12.9. The van der Waals surface area contributed by atoms with Crippen molar-refractivity contribution in [2.45, 2.75) is 26.2 Å². The standard InChI is InChI=1S/C21H26N2O3S/c1-17-7-9-20(10-8-17)22-21(24)19-11-14-23(15-12-19)27(25,26)16-13-18-5-3-2-4-6-18/h2-10,19H,11-16H2,1H3,(H,22,24). The number of carbonyl (C=O) groups excluding carboxylic acids is 1. The summed E-state index contributed by atoms with van der Waals surface area (Å²) in [5.74, 6) is -0.0656. The quantitative estimate of drug-likeness (QED) is 0.829. The molecular weight excluding hydrogens is 360 g/mol. The maximum absolute atomic E-state index is 12.6. The van der Waals surface area contributed by atoms with Gasteiger partial charge in [0.05, 0.1) is 5.75 Å². The van der Waals surface area contributed by atoms with Gasteiger partial charge in [-0.1, -0.05) is 48.0 Å². The van der Waals surface area contributed by atoms with E-state index < -0.39 is 10.0 Å². The van der Waals surface area contributed by atoms with Crippen LogP contribution in [0.15, 0.2) is 54.6 Å². The predicted octanol–water partition coefficient (Wildman–Crippen LogP) is 3.22. The minimum atomic E-state index is -3.29. The fraction of sp³-hybridized carbons (Fsp3) is 0.381. The number of sulfonamides is 1. The molecule has 1 aliphatic heterocycles. The highest BCUT2D eigenvalue weighted by Crippen LogP contribution is 2.22. The Morgan fingerprint density at radius 2 is 1.67 bits per heavy atom. The second-order valence-corrected chi connectivity index (χ2v) is 9.17. The Balaban J connectivity index is 1.50. The maximum Gasteiger partial charge on any atom is 0.227 e. The second kappa shape index (κ2) is 8.67. The van der Waals surface area contributed by atoms with Crippen LogP contribution < -0.4 is 5.32 Å². The van der Waals surface area contributed by atoms with E-state index >= 15 is 0 Å². The molecule has 1 fully saturated rings. The second-order valence-electron chi connectivity index (χ2n) is 7.08. The molecule has 144 valence electrons. The molecular formula is C21H26N2O3S. The number of hydrogen-bond acceptors (Lipinski definition) is 3. The summed E-state index contributed by atoms with van der Waals surface area (Å²) in [6.45, 7) is 2.81. The monoisotopic (exact) mass is 386 g/mol. The van der Waals surface area contributed by atoms with Crippen LogP contribution in [0.2, 0.25) is 0 Å². The van der Waals surface area contributed by atoms with E-state index in [4.69, 9.17) is 0 Å². The molecule has 1 aliphatic rings. The Labute approximate surface area is 161 Å². The Bertz CT molecular complexity index is 856. The molecule has 2 aromatic rings. The predicted molar refractivity (Wildman–Crippen MR) is 108 cm³/mol. The molecule has 0 atom stereocenters. The largest absolute Gasteiger partial charge is 0.326 e. The third-order valence-corrected chi connectivity index (χ3v) is 6.90. The van der Waals surface area contributed by atoms with Crippen LogP contribution in [0.1, 0.15) is 24.0 Å². The van der Waals surface area contributed by atoms with Crippen molar-refractivity contribution in [3.63, 3.8) is 0 Å². The van der Waals surface area contributed by atoms with Gasteiger partial charge in [-0.3, -0.25) is 4.79 Å². The highest BCUT2D eigenvalue weighted by Gasteiger charge is 2.30. The highest BCUT2D eigenvalue weighted by atomic mass is 32.2. The van der Waals surface area contributed by atoms with E-state index in [0.717, 1.165) is 16.8 Å². The number of hydrogen-bond donors (Lipinski definition) is 1. The van der Waals surface area contributed by atoms with Crippen molar-refractivity contribution >= 4 is 21.6 Å². The minimum absolute atomic E-state index is 0.0276. The van der Waals surface area contributed by atoms with Crippen LogP contribution in [0.25, 0.3) is 0 Å². The molecule has 2 aromatic carbocycles. The maximum atomic E-state index is 12.6. The van der Waals surface area contributed by atoms with E-state index in [1.165, 1.54) is 4.31 Å². The Kier molecular flexibility index (Phi) is 6.29. The third kappa shape index (κ3) is 5.40. The van der Waals surface area contributed by atoms with Gasteiger partial charge < -0.3 is 5.32 Å². The molecule has 1 N–H and O–H groups in total. The SMILES string of the molecule is Cc1ccc(NC(=O)C2CCN(S(=O)(=O)CCc3ccccc3)CC2)cc1. The number of piperidine rings is 1. The third-order valence-electron chi connectivity index (χ3n) is 5.03. The van der Waals surface area contributed by atoms with Crippen LogP contribution in [0.4, 0.5) is 5.69 Å². The summed E-state index contributed by atoms with van der Waals surface area (Å²) in [7, 11) is -3.29. The molecule has 0 spiro atoms. The van der Waals surface area contributed by atoms with E-state index in [0.29, 0.717) is 32.4 Å². The van der Waals surface area contributed by atoms with Gasteiger partial charge in [0.25, 0.3) is 0 Å². The average molecular weight is 387 g/mol. The lowest BCUT2D eigenvalue weighted by Crippen LogP contribution is -2.42. The number of carbonyl (C=O) groups is 1. The van der Waals surface area contributed by atoms with Gasteiger partial charge in [-0.05, 0) is 43.9 Å². The highest BCUT2D eigenvalue weighted by molar-refractivity contribution is 7.89. The van der Waals surface area contributed by atoms with Crippen LogP contribution in [0, 0.1) is 12.8 Å². The number of rotatable bonds is 6. The van der Waals surface area contributed by atoms with Crippen LogP contribution in [-0.4, -0.2) is 37.5 Å². The van der Waals surface area contributed by atoms with Crippen LogP contribution in [0.5, 0.6) is 0 Å². The zero-order chi connectivity index (χ0) is 19.3. The van der Waals surface area contributed by atoms with Crippen molar-refractivity contribution in [1.29, 1.82) is 0 Å². The first-order valence-corrected chi connectivity index (χ1v) is 10.9. The molecule has 0 unspecified atom stereocenters. The summed E-state index contributed by atoms with van der Waals surface area (Å²) < 4.78 is 26.7. The van der Waals surface area contributed by atoms with Gasteiger partial charge in [0.1, 0.15) is 0 Å². The lowest BCUT2D eigenvalue weighted by molar-refractivity contribution is -0.120. The molecule has 1 saturated heterocycles. The molecule has 3 rings (SSSR count). The molecule has 0 saturated carbocycles. The van der Waals surface area contributed by atoms with Gasteiger partial charge in [0.15, 0.2) is 0 Å². The average Bonchev–Trinajstić information content (AvgIpc) is 2.69. The Morgan fingerprint density at radius 3 is 2.30 bits per heavy atom. The number of anilines is 1. The number of nitrogens with zero attached hydrogens (tertiary/aromatic N) is 1. The number of benzene rings is 2. The van der Waals surface area contributed by atoms with E-state index in [1.807, 2.05) is 61.5 Å². The van der Waals surface area contributed by atoms with Gasteiger partial charge in [0, 0.05) is 24.7 Å². The summed E-state index contributed by atoms with van der Waals surface area (Å²) in [6, 6.07) is 17.3. The zero-order valence-electron chi connectivity index (χ0n) is 15.6. The first kappa shape index (κ1) is 19.6. The molecule has 27 heavy (non-hydrogen) atoms. The minimum Gasteiger partial charge on any atom is -0.326 e. The first-order valence-electron chi connectivity index (χ1n) is 9.33. The molecule has 1 amide bonds. The lowest BCUT2D eigenvalue weighted by Gasteiger charge is -2.30.